The highest BCUT2D eigenvalue weighted by molar-refractivity contribution is 5.78. The average molecular weight is 471 g/mol. The van der Waals surface area contributed by atoms with Crippen LogP contribution in [0.4, 0.5) is 0 Å². The number of nitrogens with one attached hydrogen (secondary N) is 1. The second-order valence-corrected chi connectivity index (χ2v) is 9.66. The second-order valence-electron chi connectivity index (χ2n) is 9.66. The summed E-state index contributed by atoms with van der Waals surface area (Å²) >= 11 is 0. The summed E-state index contributed by atoms with van der Waals surface area (Å²) in [7, 11) is 0. The number of rotatable bonds is 8. The number of carbonyl (C=O) groups excluding carboxylic acids is 2. The molecule has 1 aliphatic heterocycles. The molecule has 0 aliphatic carbocycles. The van der Waals surface area contributed by atoms with E-state index in [1.54, 1.807) is 0 Å². The van der Waals surface area contributed by atoms with Gasteiger partial charge in [-0.15, -0.1) is 0 Å². The van der Waals surface area contributed by atoms with Crippen molar-refractivity contribution in [1.82, 2.24) is 10.2 Å². The Hall–Kier alpha value is -3.60. The molecular weight excluding hydrogens is 436 g/mol. The Morgan fingerprint density at radius 1 is 1.03 bits per heavy atom. The minimum atomic E-state index is -0.171. The van der Waals surface area contributed by atoms with Gasteiger partial charge in [-0.05, 0) is 53.6 Å². The zero-order valence-corrected chi connectivity index (χ0v) is 20.8. The van der Waals surface area contributed by atoms with Crippen LogP contribution in [0.5, 0.6) is 5.75 Å². The number of fused-ring (bicyclic) bond motifs is 1. The van der Waals surface area contributed by atoms with E-state index in [9.17, 15) is 9.59 Å². The summed E-state index contributed by atoms with van der Waals surface area (Å²) in [4.78, 5) is 27.6. The Morgan fingerprint density at radius 2 is 1.77 bits per heavy atom. The summed E-state index contributed by atoms with van der Waals surface area (Å²) in [5.74, 6) is 0.929. The number of ether oxygens (including phenoxy) is 1. The molecule has 0 bridgehead atoms. The first-order valence-electron chi connectivity index (χ1n) is 12.3. The molecule has 1 N–H and O–H groups in total. The van der Waals surface area contributed by atoms with Gasteiger partial charge in [-0.2, -0.15) is 0 Å². The van der Waals surface area contributed by atoms with E-state index in [2.05, 4.69) is 56.4 Å². The van der Waals surface area contributed by atoms with E-state index in [4.69, 9.17) is 4.74 Å². The predicted octanol–water partition coefficient (Wildman–Crippen LogP) is 5.21. The fraction of sp³-hybridized carbons (Fsp3) is 0.333. The zero-order chi connectivity index (χ0) is 24.8. The fourth-order valence-electron chi connectivity index (χ4n) is 4.52. The minimum Gasteiger partial charge on any atom is -0.484 e. The SMILES string of the molecule is Cc1ccc(C2c3cc(OCC(=O)NCc4ccccc4)ccc3CCN2C(=O)CC(C)C)cc1. The normalized spacial score (nSPS) is 15.0. The van der Waals surface area contributed by atoms with Crippen molar-refractivity contribution in [3.63, 3.8) is 0 Å². The van der Waals surface area contributed by atoms with Crippen molar-refractivity contribution in [3.05, 3.63) is 101 Å². The number of amides is 2. The second kappa shape index (κ2) is 11.2. The number of carbonyl (C=O) groups is 2. The van der Waals surface area contributed by atoms with Gasteiger partial charge in [-0.3, -0.25) is 9.59 Å². The summed E-state index contributed by atoms with van der Waals surface area (Å²) in [6, 6.07) is 24.0. The topological polar surface area (TPSA) is 58.6 Å². The van der Waals surface area contributed by atoms with Crippen molar-refractivity contribution in [2.24, 2.45) is 5.92 Å². The van der Waals surface area contributed by atoms with Crippen molar-refractivity contribution in [2.75, 3.05) is 13.2 Å². The highest BCUT2D eigenvalue weighted by atomic mass is 16.5. The largest absolute Gasteiger partial charge is 0.484 e. The van der Waals surface area contributed by atoms with Gasteiger partial charge in [0.1, 0.15) is 5.75 Å². The van der Waals surface area contributed by atoms with Crippen molar-refractivity contribution in [3.8, 4) is 5.75 Å². The molecule has 0 fully saturated rings. The third kappa shape index (κ3) is 6.30. The molecule has 1 heterocycles. The summed E-state index contributed by atoms with van der Waals surface area (Å²) < 4.78 is 5.87. The first-order valence-corrected chi connectivity index (χ1v) is 12.3. The minimum absolute atomic E-state index is 0.0587. The van der Waals surface area contributed by atoms with Gasteiger partial charge in [-0.1, -0.05) is 80.1 Å². The lowest BCUT2D eigenvalue weighted by Gasteiger charge is -2.38. The van der Waals surface area contributed by atoms with E-state index >= 15 is 0 Å². The molecule has 1 aliphatic rings. The standard InChI is InChI=1S/C30H34N2O3/c1-21(2)17-29(34)32-16-15-24-13-14-26(18-27(24)30(32)25-11-9-22(3)10-12-25)35-20-28(33)31-19-23-7-5-4-6-8-23/h4-14,18,21,30H,15-17,19-20H2,1-3H3,(H,31,33). The Labute approximate surface area is 208 Å². The number of nitrogens with zero attached hydrogens (tertiary/aromatic N) is 1. The van der Waals surface area contributed by atoms with Gasteiger partial charge < -0.3 is 15.0 Å². The molecule has 0 saturated carbocycles. The third-order valence-corrected chi connectivity index (χ3v) is 6.34. The molecule has 4 rings (SSSR count). The molecule has 2 amide bonds. The zero-order valence-electron chi connectivity index (χ0n) is 20.8. The Balaban J connectivity index is 1.52. The van der Waals surface area contributed by atoms with Crippen LogP contribution in [-0.4, -0.2) is 29.9 Å². The van der Waals surface area contributed by atoms with E-state index in [0.717, 1.165) is 23.1 Å². The molecule has 3 aromatic carbocycles. The van der Waals surface area contributed by atoms with Crippen LogP contribution in [0.25, 0.3) is 0 Å². The lowest BCUT2D eigenvalue weighted by Crippen LogP contribution is -2.41. The summed E-state index contributed by atoms with van der Waals surface area (Å²) in [5, 5.41) is 2.89. The maximum Gasteiger partial charge on any atom is 0.258 e. The van der Waals surface area contributed by atoms with Crippen LogP contribution >= 0.6 is 0 Å². The quantitative estimate of drug-likeness (QED) is 0.492. The molecule has 5 nitrogen and oxygen atoms in total. The van der Waals surface area contributed by atoms with Gasteiger partial charge in [0.25, 0.3) is 5.91 Å². The Morgan fingerprint density at radius 3 is 2.49 bits per heavy atom. The molecule has 0 saturated heterocycles. The van der Waals surface area contributed by atoms with Gasteiger partial charge in [-0.25, -0.2) is 0 Å². The van der Waals surface area contributed by atoms with Crippen molar-refractivity contribution < 1.29 is 14.3 Å². The summed E-state index contributed by atoms with van der Waals surface area (Å²) in [5.41, 5.74) is 5.60. The van der Waals surface area contributed by atoms with Crippen molar-refractivity contribution in [2.45, 2.75) is 46.2 Å². The van der Waals surface area contributed by atoms with Gasteiger partial charge in [0, 0.05) is 19.5 Å². The van der Waals surface area contributed by atoms with Gasteiger partial charge in [0.05, 0.1) is 6.04 Å². The summed E-state index contributed by atoms with van der Waals surface area (Å²) in [6.45, 7) is 7.32. The third-order valence-electron chi connectivity index (χ3n) is 6.34. The molecule has 0 radical (unpaired) electrons. The average Bonchev–Trinajstić information content (AvgIpc) is 2.86. The molecule has 5 heteroatoms. The highest BCUT2D eigenvalue weighted by Gasteiger charge is 2.32. The van der Waals surface area contributed by atoms with Crippen molar-refractivity contribution >= 4 is 11.8 Å². The molecule has 0 aromatic heterocycles. The molecule has 182 valence electrons. The van der Waals surface area contributed by atoms with Crippen LogP contribution in [0.1, 0.15) is 54.1 Å². The smallest absolute Gasteiger partial charge is 0.258 e. The van der Waals surface area contributed by atoms with Crippen LogP contribution in [0, 0.1) is 12.8 Å². The molecule has 0 spiro atoms. The van der Waals surface area contributed by atoms with Crippen LogP contribution < -0.4 is 10.1 Å². The van der Waals surface area contributed by atoms with E-state index < -0.39 is 0 Å². The van der Waals surface area contributed by atoms with Crippen LogP contribution in [-0.2, 0) is 22.6 Å². The van der Waals surface area contributed by atoms with E-state index in [1.807, 2.05) is 47.4 Å². The maximum atomic E-state index is 13.2. The predicted molar refractivity (Wildman–Crippen MR) is 138 cm³/mol. The van der Waals surface area contributed by atoms with E-state index in [0.29, 0.717) is 31.2 Å². The molecule has 35 heavy (non-hydrogen) atoms. The van der Waals surface area contributed by atoms with Gasteiger partial charge in [0.15, 0.2) is 6.61 Å². The fourth-order valence-corrected chi connectivity index (χ4v) is 4.52. The molecule has 3 aromatic rings. The van der Waals surface area contributed by atoms with E-state index in [-0.39, 0.29) is 24.5 Å². The van der Waals surface area contributed by atoms with Crippen LogP contribution in [0.2, 0.25) is 0 Å². The molecule has 1 unspecified atom stereocenters. The first kappa shape index (κ1) is 24.5. The molecule has 1 atom stereocenters. The van der Waals surface area contributed by atoms with Crippen LogP contribution in [0.15, 0.2) is 72.8 Å². The lowest BCUT2D eigenvalue weighted by molar-refractivity contribution is -0.134. The summed E-state index contributed by atoms with van der Waals surface area (Å²) in [6.07, 6.45) is 1.33. The Bertz CT molecular complexity index is 1160. The van der Waals surface area contributed by atoms with Crippen LogP contribution in [0.3, 0.4) is 0 Å². The monoisotopic (exact) mass is 470 g/mol. The number of aryl methyl sites for hydroxylation is 1. The number of benzene rings is 3. The maximum absolute atomic E-state index is 13.2. The van der Waals surface area contributed by atoms with Crippen molar-refractivity contribution in [1.29, 1.82) is 0 Å². The van der Waals surface area contributed by atoms with E-state index in [1.165, 1.54) is 11.1 Å². The molecular formula is C30H34N2O3. The highest BCUT2D eigenvalue weighted by Crippen LogP contribution is 2.38. The number of hydrogen-bond acceptors (Lipinski definition) is 3. The van der Waals surface area contributed by atoms with Gasteiger partial charge >= 0.3 is 0 Å². The number of hydrogen-bond donors (Lipinski definition) is 1. The first-order chi connectivity index (χ1) is 16.9. The lowest BCUT2D eigenvalue weighted by atomic mass is 9.87. The van der Waals surface area contributed by atoms with Gasteiger partial charge in [0.2, 0.25) is 5.91 Å². The Kier molecular flexibility index (Phi) is 7.86.